The molecule has 0 saturated carbocycles. The molecule has 0 rings (SSSR count). The summed E-state index contributed by atoms with van der Waals surface area (Å²) in [5.41, 5.74) is -1.41. The van der Waals surface area contributed by atoms with Crippen LogP contribution < -0.4 is 0 Å². The summed E-state index contributed by atoms with van der Waals surface area (Å²) in [5.74, 6) is 0.0602. The van der Waals surface area contributed by atoms with Gasteiger partial charge in [-0.15, -0.1) is 0 Å². The number of ether oxygens (including phenoxy) is 1. The molecular weight excluding hydrogens is 320 g/mol. The summed E-state index contributed by atoms with van der Waals surface area (Å²) in [6.45, 7) is 17.3. The Morgan fingerprint density at radius 2 is 1.38 bits per heavy atom. The first-order chi connectivity index (χ1) is 10.9. The van der Waals surface area contributed by atoms with Crippen LogP contribution >= 0.6 is 0 Å². The smallest absolute Gasteiger partial charge is 0.334 e. The van der Waals surface area contributed by atoms with Gasteiger partial charge < -0.3 is 9.16 Å². The van der Waals surface area contributed by atoms with Crippen LogP contribution in [0.4, 0.5) is 0 Å². The minimum absolute atomic E-state index is 0.0588. The van der Waals surface area contributed by atoms with Crippen molar-refractivity contribution in [3.8, 4) is 0 Å². The van der Waals surface area contributed by atoms with Gasteiger partial charge in [0, 0.05) is 6.42 Å². The van der Waals surface area contributed by atoms with Gasteiger partial charge in [-0.3, -0.25) is 4.79 Å². The van der Waals surface area contributed by atoms with E-state index in [-0.39, 0.29) is 5.78 Å². The zero-order valence-corrected chi connectivity index (χ0v) is 18.0. The molecule has 140 valence electrons. The summed E-state index contributed by atoms with van der Waals surface area (Å²) >= 11 is 0. The Morgan fingerprint density at radius 3 is 1.71 bits per heavy atom. The molecule has 0 aliphatic carbocycles. The number of carbonyl (C=O) groups excluding carboxylic acids is 2. The Labute approximate surface area is 149 Å². The molecule has 0 unspecified atom stereocenters. The number of allylic oxidation sites excluding steroid dienone is 1. The van der Waals surface area contributed by atoms with Crippen molar-refractivity contribution in [1.29, 1.82) is 0 Å². The third-order valence-corrected chi connectivity index (χ3v) is 9.07. The third kappa shape index (κ3) is 6.42. The molecule has 0 spiro atoms. The minimum atomic E-state index is -2.00. The number of ketones is 1. The van der Waals surface area contributed by atoms with E-state index in [1.165, 1.54) is 6.08 Å². The van der Waals surface area contributed by atoms with Crippen molar-refractivity contribution in [2.24, 2.45) is 5.41 Å². The number of hydrogen-bond donors (Lipinski definition) is 0. The van der Waals surface area contributed by atoms with Gasteiger partial charge in [-0.2, -0.15) is 0 Å². The fourth-order valence-corrected chi connectivity index (χ4v) is 5.27. The van der Waals surface area contributed by atoms with Gasteiger partial charge in [-0.25, -0.2) is 4.79 Å². The summed E-state index contributed by atoms with van der Waals surface area (Å²) in [6, 6.07) is 2.84. The quantitative estimate of drug-likeness (QED) is 0.245. The molecule has 24 heavy (non-hydrogen) atoms. The van der Waals surface area contributed by atoms with Gasteiger partial charge in [0.05, 0.1) is 17.3 Å². The fourth-order valence-electron chi connectivity index (χ4n) is 2.55. The topological polar surface area (TPSA) is 52.6 Å². The van der Waals surface area contributed by atoms with E-state index in [0.29, 0.717) is 12.2 Å². The van der Waals surface area contributed by atoms with Crippen LogP contribution in [0, 0.1) is 5.41 Å². The average Bonchev–Trinajstić information content (AvgIpc) is 2.48. The second-order valence-corrected chi connectivity index (χ2v) is 12.5. The Bertz CT molecular complexity index is 460. The molecule has 0 aliphatic rings. The van der Waals surface area contributed by atoms with Crippen molar-refractivity contribution < 1.29 is 18.8 Å². The molecule has 0 aromatic rings. The van der Waals surface area contributed by atoms with Gasteiger partial charge in [0.1, 0.15) is 11.4 Å². The summed E-state index contributed by atoms with van der Waals surface area (Å²) in [5, 5.41) is 0. The third-order valence-electron chi connectivity index (χ3n) is 4.55. The molecular formula is C19H36O4Si. The molecule has 0 bridgehead atoms. The first-order valence-corrected chi connectivity index (χ1v) is 11.6. The molecule has 4 nitrogen and oxygen atoms in total. The van der Waals surface area contributed by atoms with E-state index in [1.807, 2.05) is 41.5 Å². The van der Waals surface area contributed by atoms with Crippen LogP contribution in [0.15, 0.2) is 11.8 Å². The molecule has 0 aromatic carbocycles. The average molecular weight is 357 g/mol. The van der Waals surface area contributed by atoms with E-state index in [2.05, 4.69) is 20.8 Å². The number of esters is 1. The van der Waals surface area contributed by atoms with Crippen molar-refractivity contribution in [3.63, 3.8) is 0 Å². The second-order valence-electron chi connectivity index (χ2n) is 7.79. The lowest BCUT2D eigenvalue weighted by Crippen LogP contribution is -2.40. The Hall–Kier alpha value is -1.10. The highest BCUT2D eigenvalue weighted by Gasteiger charge is 2.39. The van der Waals surface area contributed by atoms with Crippen LogP contribution in [0.3, 0.4) is 0 Å². The molecule has 0 N–H and O–H groups in total. The van der Waals surface area contributed by atoms with Crippen molar-refractivity contribution in [1.82, 2.24) is 0 Å². The number of rotatable bonds is 9. The molecule has 0 heterocycles. The highest BCUT2D eigenvalue weighted by atomic mass is 28.4. The maximum absolute atomic E-state index is 12.4. The van der Waals surface area contributed by atoms with Crippen LogP contribution in [-0.2, 0) is 18.8 Å². The zero-order chi connectivity index (χ0) is 19.2. The van der Waals surface area contributed by atoms with Crippen LogP contribution in [0.25, 0.3) is 0 Å². The molecule has 0 aliphatic heterocycles. The van der Waals surface area contributed by atoms with E-state index in [9.17, 15) is 9.59 Å². The first-order valence-electron chi connectivity index (χ1n) is 9.04. The molecule has 0 amide bonds. The van der Waals surface area contributed by atoms with Crippen molar-refractivity contribution in [2.45, 2.75) is 92.5 Å². The van der Waals surface area contributed by atoms with Crippen LogP contribution in [0.2, 0.25) is 18.1 Å². The van der Waals surface area contributed by atoms with Gasteiger partial charge >= 0.3 is 5.97 Å². The number of Topliss-reactive ketones (excluding diaryl/α,β-unsaturated/α-hetero) is 1. The maximum atomic E-state index is 12.4. The summed E-state index contributed by atoms with van der Waals surface area (Å²) in [7, 11) is -2.00. The standard InChI is InChI=1S/C19H36O4Si/c1-10-15(20)19(8,9)16(14-17(21)22-18(5,6)7)23-24(11-2,12-3)13-4/h14H,10-13H2,1-9H3/b16-14-. The maximum Gasteiger partial charge on any atom is 0.334 e. The van der Waals surface area contributed by atoms with Gasteiger partial charge in [-0.05, 0) is 52.8 Å². The van der Waals surface area contributed by atoms with Gasteiger partial charge in [0.2, 0.25) is 8.32 Å². The monoisotopic (exact) mass is 356 g/mol. The lowest BCUT2D eigenvalue weighted by atomic mass is 9.84. The Morgan fingerprint density at radius 1 is 0.917 bits per heavy atom. The van der Waals surface area contributed by atoms with E-state index < -0.39 is 25.3 Å². The Balaban J connectivity index is 5.86. The summed E-state index contributed by atoms with van der Waals surface area (Å²) in [6.07, 6.45) is 1.79. The van der Waals surface area contributed by atoms with Crippen LogP contribution in [-0.4, -0.2) is 25.7 Å². The van der Waals surface area contributed by atoms with E-state index in [0.717, 1.165) is 18.1 Å². The van der Waals surface area contributed by atoms with E-state index in [4.69, 9.17) is 9.16 Å². The van der Waals surface area contributed by atoms with E-state index in [1.54, 1.807) is 0 Å². The largest absolute Gasteiger partial charge is 0.545 e. The predicted molar refractivity (Wildman–Crippen MR) is 101 cm³/mol. The lowest BCUT2D eigenvalue weighted by molar-refractivity contribution is -0.148. The van der Waals surface area contributed by atoms with Crippen molar-refractivity contribution >= 4 is 20.1 Å². The highest BCUT2D eigenvalue weighted by molar-refractivity contribution is 6.73. The Kier molecular flexibility index (Phi) is 8.43. The fraction of sp³-hybridized carbons (Fsp3) is 0.789. The lowest BCUT2D eigenvalue weighted by Gasteiger charge is -2.36. The van der Waals surface area contributed by atoms with Crippen molar-refractivity contribution in [2.75, 3.05) is 0 Å². The summed E-state index contributed by atoms with van der Waals surface area (Å²) < 4.78 is 11.8. The molecule has 0 saturated heterocycles. The second kappa shape index (κ2) is 8.84. The van der Waals surface area contributed by atoms with Gasteiger partial charge in [0.15, 0.2) is 0 Å². The van der Waals surface area contributed by atoms with Gasteiger partial charge in [0.25, 0.3) is 0 Å². The molecule has 5 heteroatoms. The first kappa shape index (κ1) is 22.9. The number of hydrogen-bond acceptors (Lipinski definition) is 4. The SMILES string of the molecule is CCC(=O)C(C)(C)/C(=C/C(=O)OC(C)(C)C)O[Si](CC)(CC)CC. The molecule has 0 radical (unpaired) electrons. The molecule has 0 atom stereocenters. The summed E-state index contributed by atoms with van der Waals surface area (Å²) in [4.78, 5) is 24.7. The van der Waals surface area contributed by atoms with Gasteiger partial charge in [-0.1, -0.05) is 27.7 Å². The normalized spacial score (nSPS) is 13.6. The van der Waals surface area contributed by atoms with Crippen LogP contribution in [0.5, 0.6) is 0 Å². The van der Waals surface area contributed by atoms with Crippen molar-refractivity contribution in [3.05, 3.63) is 11.8 Å². The highest BCUT2D eigenvalue weighted by Crippen LogP contribution is 2.35. The van der Waals surface area contributed by atoms with E-state index >= 15 is 0 Å². The van der Waals surface area contributed by atoms with Crippen LogP contribution in [0.1, 0.15) is 68.7 Å². The minimum Gasteiger partial charge on any atom is -0.545 e. The predicted octanol–water partition coefficient (Wildman–Crippen LogP) is 5.24. The molecule has 0 fully saturated rings. The molecule has 0 aromatic heterocycles. The zero-order valence-electron chi connectivity index (χ0n) is 17.0. The number of carbonyl (C=O) groups is 2.